The lowest BCUT2D eigenvalue weighted by molar-refractivity contribution is -0.366. The number of halogens is 1. The summed E-state index contributed by atoms with van der Waals surface area (Å²) in [6.07, 6.45) is -5.50. The fourth-order valence-corrected chi connectivity index (χ4v) is 2.49. The fraction of sp³-hybridized carbons (Fsp3) is 0.538. The molecule has 0 bridgehead atoms. The first-order valence-corrected chi connectivity index (χ1v) is 6.52. The minimum absolute atomic E-state index is 0.436. The number of aliphatic hydroxyl groups excluding tert-OH is 4. The maximum absolute atomic E-state index is 10.2. The molecule has 1 aliphatic heterocycles. The van der Waals surface area contributed by atoms with Crippen LogP contribution in [0.1, 0.15) is 5.56 Å². The van der Waals surface area contributed by atoms with E-state index in [-0.39, 0.29) is 0 Å². The van der Waals surface area contributed by atoms with Crippen LogP contribution in [0, 0.1) is 11.6 Å². The normalized spacial score (nSPS) is 37.9. The van der Waals surface area contributed by atoms with E-state index < -0.39 is 36.8 Å². The van der Waals surface area contributed by atoms with Crippen LogP contribution >= 0.6 is 0 Å². The Kier molecular flexibility index (Phi) is 4.66. The van der Waals surface area contributed by atoms with Crippen molar-refractivity contribution in [3.05, 3.63) is 34.9 Å². The molecular weight excluding hydrogens is 288 g/mol. The topological polar surface area (TPSA) is 99.4 Å². The van der Waals surface area contributed by atoms with Gasteiger partial charge < -0.3 is 29.9 Å². The Balaban J connectivity index is 2.44. The zero-order valence-electron chi connectivity index (χ0n) is 10.8. The molecule has 0 amide bonds. The van der Waals surface area contributed by atoms with E-state index in [1.807, 2.05) is 0 Å². The summed E-state index contributed by atoms with van der Waals surface area (Å²) < 4.78 is 10.8. The highest BCUT2D eigenvalue weighted by atomic mass is 35.5. The minimum atomic E-state index is -1.67. The fourth-order valence-electron chi connectivity index (χ4n) is 2.35. The van der Waals surface area contributed by atoms with Crippen LogP contribution in [-0.2, 0) is 15.3 Å². The second-order valence-corrected chi connectivity index (χ2v) is 5.13. The van der Waals surface area contributed by atoms with Crippen molar-refractivity contribution in [3.8, 4) is 0 Å². The summed E-state index contributed by atoms with van der Waals surface area (Å²) in [5.74, 6) is -1.67. The first-order valence-electron chi connectivity index (χ1n) is 6.12. The summed E-state index contributed by atoms with van der Waals surface area (Å²) in [7, 11) is 1.31. The lowest BCUT2D eigenvalue weighted by atomic mass is 9.88. The van der Waals surface area contributed by atoms with E-state index in [9.17, 15) is 20.4 Å². The summed E-state index contributed by atoms with van der Waals surface area (Å²) in [6.45, 7) is -0.519. The third kappa shape index (κ3) is 2.44. The molecule has 7 heteroatoms. The van der Waals surface area contributed by atoms with Crippen LogP contribution in [0.4, 0.5) is 0 Å². The van der Waals surface area contributed by atoms with Crippen LogP contribution in [0.25, 0.3) is 0 Å². The lowest BCUT2D eigenvalue weighted by Gasteiger charge is -2.47. The van der Waals surface area contributed by atoms with Gasteiger partial charge in [-0.1, -0.05) is 0 Å². The van der Waals surface area contributed by atoms with Gasteiger partial charge in [-0.2, -0.15) is 0 Å². The van der Waals surface area contributed by atoms with Gasteiger partial charge in [-0.25, -0.2) is 0 Å². The molecule has 0 saturated carbocycles. The minimum Gasteiger partial charge on any atom is -0.394 e. The van der Waals surface area contributed by atoms with Gasteiger partial charge in [-0.05, 0) is 12.1 Å². The van der Waals surface area contributed by atoms with Gasteiger partial charge >= 0.3 is 0 Å². The van der Waals surface area contributed by atoms with Crippen LogP contribution < -0.4 is 0 Å². The van der Waals surface area contributed by atoms with Crippen molar-refractivity contribution in [1.29, 1.82) is 0 Å². The number of rotatable bonds is 3. The van der Waals surface area contributed by atoms with Crippen LogP contribution in [0.3, 0.4) is 0 Å². The van der Waals surface area contributed by atoms with Gasteiger partial charge in [0.05, 0.1) is 6.61 Å². The number of hydrogen-bond donors (Lipinski definition) is 4. The third-order valence-electron chi connectivity index (χ3n) is 3.51. The van der Waals surface area contributed by atoms with Gasteiger partial charge in [-0.3, -0.25) is 0 Å². The molecule has 0 radical (unpaired) electrons. The Morgan fingerprint density at radius 3 is 2.30 bits per heavy atom. The van der Waals surface area contributed by atoms with Crippen molar-refractivity contribution in [2.75, 3.05) is 13.7 Å². The molecule has 0 aliphatic carbocycles. The van der Waals surface area contributed by atoms with Gasteiger partial charge in [0.15, 0.2) is 11.6 Å². The second-order valence-electron chi connectivity index (χ2n) is 4.66. The molecule has 6 nitrogen and oxygen atoms in total. The van der Waals surface area contributed by atoms with Crippen molar-refractivity contribution < 1.29 is 41.5 Å². The van der Waals surface area contributed by atoms with E-state index in [1.165, 1.54) is 7.11 Å². The summed E-state index contributed by atoms with van der Waals surface area (Å²) in [4.78, 5) is 0. The molecule has 112 valence electrons. The molecular formula is C13H18ClO6+. The predicted molar refractivity (Wildman–Crippen MR) is 65.7 cm³/mol. The van der Waals surface area contributed by atoms with Gasteiger partial charge in [-0.15, -0.1) is 0 Å². The molecule has 1 fully saturated rings. The summed E-state index contributed by atoms with van der Waals surface area (Å²) in [6, 6.07) is 6.47. The Morgan fingerprint density at radius 1 is 1.20 bits per heavy atom. The standard InChI is InChI=1S/C13H18ClO6/c1-19-13(7-2-4-8(14)5-3-7)12(18)11(17)10(16)9(6-15)20-13/h2-5,9-12,14-18H,6H2,1H3/q+1/t9-,10-,11+,12-,13+/m1/s1. The quantitative estimate of drug-likeness (QED) is 0.551. The van der Waals surface area contributed by atoms with Crippen LogP contribution in [0.2, 0.25) is 5.02 Å². The van der Waals surface area contributed by atoms with Gasteiger partial charge in [0.25, 0.3) is 0 Å². The highest BCUT2D eigenvalue weighted by molar-refractivity contribution is 5.26. The van der Waals surface area contributed by atoms with Crippen LogP contribution in [0.5, 0.6) is 0 Å². The molecule has 0 spiro atoms. The highest BCUT2D eigenvalue weighted by Crippen LogP contribution is 2.39. The molecule has 1 aromatic carbocycles. The molecule has 1 saturated heterocycles. The van der Waals surface area contributed by atoms with Crippen molar-refractivity contribution in [1.82, 2.24) is 0 Å². The maximum atomic E-state index is 10.2. The Labute approximate surface area is 121 Å². The molecule has 1 aliphatic rings. The summed E-state index contributed by atoms with van der Waals surface area (Å²) >= 11 is 4.99. The molecule has 5 atom stereocenters. The van der Waals surface area contributed by atoms with Crippen LogP contribution in [0.15, 0.2) is 24.3 Å². The Morgan fingerprint density at radius 2 is 1.80 bits per heavy atom. The zero-order chi connectivity index (χ0) is 14.9. The zero-order valence-corrected chi connectivity index (χ0v) is 11.7. The monoisotopic (exact) mass is 305 g/mol. The summed E-state index contributed by atoms with van der Waals surface area (Å²) in [5.41, 5.74) is 0.436. The van der Waals surface area contributed by atoms with E-state index in [4.69, 9.17) is 21.1 Å². The summed E-state index contributed by atoms with van der Waals surface area (Å²) in [5, 5.41) is 39.8. The highest BCUT2D eigenvalue weighted by Gasteiger charge is 2.55. The molecule has 0 unspecified atom stereocenters. The lowest BCUT2D eigenvalue weighted by Crippen LogP contribution is -2.64. The molecule has 4 N–H and O–H groups in total. The van der Waals surface area contributed by atoms with E-state index in [0.717, 1.165) is 0 Å². The molecule has 2 rings (SSSR count). The van der Waals surface area contributed by atoms with Crippen molar-refractivity contribution in [2.45, 2.75) is 30.2 Å². The third-order valence-corrected chi connectivity index (χ3v) is 3.78. The van der Waals surface area contributed by atoms with Crippen LogP contribution in [-0.4, -0.2) is 58.6 Å². The Hall–Kier alpha value is -0.730. The predicted octanol–water partition coefficient (Wildman–Crippen LogP) is -1.34. The average molecular weight is 306 g/mol. The number of aliphatic hydroxyl groups is 4. The number of ether oxygens (including phenoxy) is 2. The molecule has 1 heterocycles. The van der Waals surface area contributed by atoms with Gasteiger partial charge in [0.1, 0.15) is 24.4 Å². The molecule has 0 aromatic heterocycles. The first kappa shape index (κ1) is 15.7. The average Bonchev–Trinajstić information content (AvgIpc) is 2.47. The van der Waals surface area contributed by atoms with E-state index in [0.29, 0.717) is 10.6 Å². The second kappa shape index (κ2) is 5.95. The van der Waals surface area contributed by atoms with Crippen molar-refractivity contribution >= 4 is 0 Å². The number of methoxy groups -OCH3 is 1. The van der Waals surface area contributed by atoms with E-state index in [2.05, 4.69) is 0 Å². The maximum Gasteiger partial charge on any atom is 0.225 e. The van der Waals surface area contributed by atoms with Gasteiger partial charge in [0, 0.05) is 24.8 Å². The number of hydrogen-bond acceptors (Lipinski definition) is 6. The van der Waals surface area contributed by atoms with Gasteiger partial charge in [0.2, 0.25) is 10.8 Å². The van der Waals surface area contributed by atoms with E-state index in [1.54, 1.807) is 24.3 Å². The molecule has 20 heavy (non-hydrogen) atoms. The van der Waals surface area contributed by atoms with E-state index >= 15 is 0 Å². The SMILES string of the molecule is CO[C@@]1(c2ccc([ClH+])cc2)O[C@H](CO)[C@@H](O)[C@H](O)[C@H]1O. The van der Waals surface area contributed by atoms with Crippen molar-refractivity contribution in [3.63, 3.8) is 0 Å². The number of benzene rings is 1. The van der Waals surface area contributed by atoms with Crippen molar-refractivity contribution in [2.24, 2.45) is 0 Å². The largest absolute Gasteiger partial charge is 0.394 e. The first-order chi connectivity index (χ1) is 9.46. The Bertz CT molecular complexity index is 451. The molecule has 1 aromatic rings. The smallest absolute Gasteiger partial charge is 0.225 e.